The maximum absolute atomic E-state index is 6.95. The SMILES string of the molecule is CC1(C)c2ccccc2-c2c(N(c3ccc(-c4cccc5sc6ccccc6c45)cc3)c3ccc(-c4cccc5ccccc45)c4oc5ccccc5c34)cccc21. The maximum atomic E-state index is 6.95. The molecule has 2 heterocycles. The summed E-state index contributed by atoms with van der Waals surface area (Å²) in [6.07, 6.45) is 0. The van der Waals surface area contributed by atoms with Crippen molar-refractivity contribution in [3.63, 3.8) is 0 Å². The van der Waals surface area contributed by atoms with Gasteiger partial charge in [0.2, 0.25) is 0 Å². The van der Waals surface area contributed by atoms with Gasteiger partial charge < -0.3 is 9.32 Å². The van der Waals surface area contributed by atoms with E-state index in [1.54, 1.807) is 0 Å². The predicted molar refractivity (Wildman–Crippen MR) is 247 cm³/mol. The van der Waals surface area contributed by atoms with Crippen LogP contribution in [0.15, 0.2) is 192 Å². The van der Waals surface area contributed by atoms with Crippen molar-refractivity contribution in [3.8, 4) is 33.4 Å². The molecule has 11 aromatic rings. The van der Waals surface area contributed by atoms with Crippen molar-refractivity contribution in [1.82, 2.24) is 0 Å². The molecule has 0 aliphatic heterocycles. The molecular formula is C55H37NOS. The lowest BCUT2D eigenvalue weighted by Gasteiger charge is -2.30. The molecule has 9 aromatic carbocycles. The van der Waals surface area contributed by atoms with Gasteiger partial charge in [0.05, 0.1) is 16.8 Å². The van der Waals surface area contributed by atoms with Crippen LogP contribution in [-0.2, 0) is 5.41 Å². The smallest absolute Gasteiger partial charge is 0.145 e. The zero-order valence-corrected chi connectivity index (χ0v) is 33.0. The average molecular weight is 760 g/mol. The highest BCUT2D eigenvalue weighted by Gasteiger charge is 2.38. The maximum Gasteiger partial charge on any atom is 0.145 e. The average Bonchev–Trinajstić information content (AvgIpc) is 3.93. The van der Waals surface area contributed by atoms with Crippen LogP contribution < -0.4 is 4.90 Å². The van der Waals surface area contributed by atoms with Crippen LogP contribution >= 0.6 is 11.3 Å². The van der Waals surface area contributed by atoms with E-state index in [1.165, 1.54) is 64.3 Å². The molecule has 2 aromatic heterocycles. The summed E-state index contributed by atoms with van der Waals surface area (Å²) in [6, 6.07) is 68.8. The van der Waals surface area contributed by atoms with Crippen molar-refractivity contribution in [2.75, 3.05) is 4.90 Å². The molecule has 0 unspecified atom stereocenters. The Balaban J connectivity index is 1.13. The van der Waals surface area contributed by atoms with E-state index in [9.17, 15) is 0 Å². The summed E-state index contributed by atoms with van der Waals surface area (Å²) in [5.41, 5.74) is 14.9. The van der Waals surface area contributed by atoms with Crippen LogP contribution in [0, 0.1) is 0 Å². The van der Waals surface area contributed by atoms with Gasteiger partial charge in [-0.05, 0) is 92.7 Å². The highest BCUT2D eigenvalue weighted by Crippen LogP contribution is 2.56. The Morgan fingerprint density at radius 3 is 2.00 bits per heavy atom. The molecule has 0 bridgehead atoms. The number of hydrogen-bond acceptors (Lipinski definition) is 3. The van der Waals surface area contributed by atoms with Gasteiger partial charge in [0.1, 0.15) is 11.2 Å². The number of nitrogens with zero attached hydrogens (tertiary/aromatic N) is 1. The zero-order valence-electron chi connectivity index (χ0n) is 32.2. The van der Waals surface area contributed by atoms with Crippen molar-refractivity contribution >= 4 is 81.3 Å². The second-order valence-electron chi connectivity index (χ2n) is 16.0. The molecule has 2 nitrogen and oxygen atoms in total. The van der Waals surface area contributed by atoms with Gasteiger partial charge in [0.25, 0.3) is 0 Å². The Morgan fingerprint density at radius 2 is 1.10 bits per heavy atom. The van der Waals surface area contributed by atoms with Gasteiger partial charge in [-0.15, -0.1) is 11.3 Å². The molecule has 0 saturated heterocycles. The van der Waals surface area contributed by atoms with Crippen LogP contribution in [0.25, 0.3) is 86.3 Å². The Bertz CT molecular complexity index is 3430. The quantitative estimate of drug-likeness (QED) is 0.174. The number of thiophene rings is 1. The first-order valence-corrected chi connectivity index (χ1v) is 20.8. The molecular weight excluding hydrogens is 723 g/mol. The second kappa shape index (κ2) is 12.5. The molecule has 12 rings (SSSR count). The minimum absolute atomic E-state index is 0.144. The molecule has 0 fully saturated rings. The fourth-order valence-corrected chi connectivity index (χ4v) is 10.9. The molecule has 274 valence electrons. The van der Waals surface area contributed by atoms with Gasteiger partial charge in [0, 0.05) is 47.8 Å². The summed E-state index contributed by atoms with van der Waals surface area (Å²) in [7, 11) is 0. The van der Waals surface area contributed by atoms with Crippen LogP contribution in [0.1, 0.15) is 25.0 Å². The first-order chi connectivity index (χ1) is 28.5. The Hall–Kier alpha value is -6.94. The van der Waals surface area contributed by atoms with E-state index < -0.39 is 0 Å². The molecule has 0 saturated carbocycles. The summed E-state index contributed by atoms with van der Waals surface area (Å²) in [4.78, 5) is 2.48. The Morgan fingerprint density at radius 1 is 0.448 bits per heavy atom. The summed E-state index contributed by atoms with van der Waals surface area (Å²) >= 11 is 1.86. The van der Waals surface area contributed by atoms with Crippen molar-refractivity contribution in [2.45, 2.75) is 19.3 Å². The van der Waals surface area contributed by atoms with Crippen LogP contribution in [0.4, 0.5) is 17.1 Å². The van der Waals surface area contributed by atoms with Gasteiger partial charge >= 0.3 is 0 Å². The normalized spacial score (nSPS) is 13.1. The van der Waals surface area contributed by atoms with Crippen molar-refractivity contribution in [1.29, 1.82) is 0 Å². The number of rotatable bonds is 5. The lowest BCUT2D eigenvalue weighted by atomic mass is 9.82. The predicted octanol–water partition coefficient (Wildman–Crippen LogP) is 16.2. The lowest BCUT2D eigenvalue weighted by molar-refractivity contribution is 0.660. The van der Waals surface area contributed by atoms with E-state index in [0.29, 0.717) is 0 Å². The third-order valence-corrected chi connectivity index (χ3v) is 13.6. The van der Waals surface area contributed by atoms with Crippen molar-refractivity contribution in [3.05, 3.63) is 199 Å². The summed E-state index contributed by atoms with van der Waals surface area (Å²) < 4.78 is 9.58. The van der Waals surface area contributed by atoms with Crippen LogP contribution in [-0.4, -0.2) is 0 Å². The van der Waals surface area contributed by atoms with Gasteiger partial charge in [-0.25, -0.2) is 0 Å². The minimum atomic E-state index is -0.144. The first kappa shape index (κ1) is 33.2. The molecule has 0 amide bonds. The summed E-state index contributed by atoms with van der Waals surface area (Å²) in [6.45, 7) is 4.71. The van der Waals surface area contributed by atoms with Gasteiger partial charge in [0.15, 0.2) is 0 Å². The third-order valence-electron chi connectivity index (χ3n) is 12.5. The van der Waals surface area contributed by atoms with Gasteiger partial charge in [-0.3, -0.25) is 0 Å². The van der Waals surface area contributed by atoms with Gasteiger partial charge in [-0.2, -0.15) is 0 Å². The fraction of sp³-hybridized carbons (Fsp3) is 0.0545. The van der Waals surface area contributed by atoms with E-state index in [-0.39, 0.29) is 5.41 Å². The van der Waals surface area contributed by atoms with E-state index in [1.807, 2.05) is 11.3 Å². The molecule has 0 spiro atoms. The zero-order chi connectivity index (χ0) is 38.5. The lowest BCUT2D eigenvalue weighted by Crippen LogP contribution is -2.16. The molecule has 0 N–H and O–H groups in total. The fourth-order valence-electron chi connectivity index (χ4n) is 9.80. The van der Waals surface area contributed by atoms with Crippen LogP contribution in [0.2, 0.25) is 0 Å². The van der Waals surface area contributed by atoms with Crippen molar-refractivity contribution < 1.29 is 4.42 Å². The topological polar surface area (TPSA) is 16.4 Å². The van der Waals surface area contributed by atoms with Crippen LogP contribution in [0.3, 0.4) is 0 Å². The number of anilines is 3. The first-order valence-electron chi connectivity index (χ1n) is 20.0. The summed E-state index contributed by atoms with van der Waals surface area (Å²) in [5, 5.41) is 7.25. The minimum Gasteiger partial charge on any atom is -0.455 e. The Labute approximate surface area is 340 Å². The monoisotopic (exact) mass is 759 g/mol. The van der Waals surface area contributed by atoms with E-state index in [4.69, 9.17) is 4.42 Å². The number of benzene rings is 9. The molecule has 1 aliphatic rings. The van der Waals surface area contributed by atoms with E-state index in [0.717, 1.165) is 50.1 Å². The highest BCUT2D eigenvalue weighted by molar-refractivity contribution is 7.25. The number of fused-ring (bicyclic) bond motifs is 10. The Kier molecular flexibility index (Phi) is 7.18. The van der Waals surface area contributed by atoms with E-state index >= 15 is 0 Å². The number of hydrogen-bond donors (Lipinski definition) is 0. The molecule has 0 atom stereocenters. The third kappa shape index (κ3) is 4.77. The van der Waals surface area contributed by atoms with Crippen LogP contribution in [0.5, 0.6) is 0 Å². The van der Waals surface area contributed by atoms with E-state index in [2.05, 4.69) is 207 Å². The molecule has 0 radical (unpaired) electrons. The number of para-hydroxylation sites is 1. The molecule has 3 heteroatoms. The van der Waals surface area contributed by atoms with Gasteiger partial charge in [-0.1, -0.05) is 153 Å². The highest BCUT2D eigenvalue weighted by atomic mass is 32.1. The largest absolute Gasteiger partial charge is 0.455 e. The second-order valence-corrected chi connectivity index (χ2v) is 17.1. The standard InChI is InChI=1S/C55H37NOS/c1-55(2)44-22-8-5-17-41(44)52-45(55)23-13-24-46(52)56(36-30-28-35(29-31-36)38-20-12-27-50-51(38)43-19-7-10-26-49(43)58-50)47-33-32-40(39-21-11-15-34-14-3-4-16-37(34)39)54-53(47)42-18-6-9-25-48(42)57-54/h3-33H,1-2H3. The molecule has 1 aliphatic carbocycles. The summed E-state index contributed by atoms with van der Waals surface area (Å²) in [5.74, 6) is 0. The number of furan rings is 1. The molecule has 58 heavy (non-hydrogen) atoms. The van der Waals surface area contributed by atoms with Crippen molar-refractivity contribution in [2.24, 2.45) is 0 Å².